The third-order valence-electron chi connectivity index (χ3n) is 4.02. The molecule has 0 spiro atoms. The van der Waals surface area contributed by atoms with E-state index < -0.39 is 0 Å². The number of nitrogens with zero attached hydrogens (tertiary/aromatic N) is 1. The smallest absolute Gasteiger partial charge is 0.0846 e. The molecule has 2 aliphatic rings. The van der Waals surface area contributed by atoms with E-state index in [1.54, 1.807) is 13.3 Å². The molecule has 4 heteroatoms. The minimum atomic E-state index is 0.167. The molecule has 98 valence electrons. The first kappa shape index (κ1) is 12.8. The molecule has 2 aliphatic carbocycles. The van der Waals surface area contributed by atoms with Crippen LogP contribution in [0.3, 0.4) is 0 Å². The van der Waals surface area contributed by atoms with E-state index in [0.717, 1.165) is 19.3 Å². The van der Waals surface area contributed by atoms with E-state index in [2.05, 4.69) is 5.16 Å². The summed E-state index contributed by atoms with van der Waals surface area (Å²) in [5.41, 5.74) is 0. The highest BCUT2D eigenvalue weighted by Crippen LogP contribution is 2.31. The summed E-state index contributed by atoms with van der Waals surface area (Å²) >= 11 is 0. The van der Waals surface area contributed by atoms with Crippen molar-refractivity contribution in [1.29, 1.82) is 0 Å². The van der Waals surface area contributed by atoms with Crippen LogP contribution in [0, 0.1) is 5.92 Å². The molecule has 0 aromatic rings. The maximum absolute atomic E-state index is 8.61. The quantitative estimate of drug-likeness (QED) is 0.467. The Hall–Kier alpha value is -0.610. The summed E-state index contributed by atoms with van der Waals surface area (Å²) in [5, 5.41) is 11.8. The lowest BCUT2D eigenvalue weighted by molar-refractivity contribution is -0.109. The van der Waals surface area contributed by atoms with Gasteiger partial charge in [-0.2, -0.15) is 0 Å². The Balaban J connectivity index is 1.89. The molecule has 0 aromatic carbocycles. The van der Waals surface area contributed by atoms with Gasteiger partial charge >= 0.3 is 0 Å². The fourth-order valence-electron chi connectivity index (χ4n) is 3.05. The van der Waals surface area contributed by atoms with Crippen molar-refractivity contribution in [2.45, 2.75) is 63.3 Å². The third-order valence-corrected chi connectivity index (χ3v) is 4.02. The van der Waals surface area contributed by atoms with Gasteiger partial charge in [0.05, 0.1) is 18.3 Å². The lowest BCUT2D eigenvalue weighted by Crippen LogP contribution is -2.39. The zero-order chi connectivity index (χ0) is 12.1. The van der Waals surface area contributed by atoms with Gasteiger partial charge in [-0.1, -0.05) is 12.8 Å². The number of ether oxygens (including phenoxy) is 2. The van der Waals surface area contributed by atoms with Gasteiger partial charge in [0, 0.05) is 19.2 Å². The van der Waals surface area contributed by atoms with Gasteiger partial charge in [0.25, 0.3) is 0 Å². The predicted octanol–water partition coefficient (Wildman–Crippen LogP) is 2.59. The minimum Gasteiger partial charge on any atom is -0.411 e. The first-order valence-corrected chi connectivity index (χ1v) is 6.69. The van der Waals surface area contributed by atoms with Crippen LogP contribution >= 0.6 is 0 Å². The van der Waals surface area contributed by atoms with Crippen molar-refractivity contribution in [1.82, 2.24) is 0 Å². The molecule has 0 radical (unpaired) electrons. The predicted molar refractivity (Wildman–Crippen MR) is 65.5 cm³/mol. The van der Waals surface area contributed by atoms with E-state index in [1.165, 1.54) is 25.7 Å². The monoisotopic (exact) mass is 241 g/mol. The van der Waals surface area contributed by atoms with E-state index in [9.17, 15) is 0 Å². The fraction of sp³-hybridized carbons (Fsp3) is 0.923. The number of hydrogen-bond acceptors (Lipinski definition) is 4. The normalized spacial score (nSPS) is 35.7. The minimum absolute atomic E-state index is 0.167. The third kappa shape index (κ3) is 3.42. The zero-order valence-corrected chi connectivity index (χ0v) is 10.5. The van der Waals surface area contributed by atoms with Crippen LogP contribution in [-0.4, -0.2) is 36.8 Å². The van der Waals surface area contributed by atoms with Crippen molar-refractivity contribution in [2.24, 2.45) is 11.1 Å². The van der Waals surface area contributed by atoms with Gasteiger partial charge in [-0.3, -0.25) is 0 Å². The first-order valence-electron chi connectivity index (χ1n) is 6.69. The van der Waals surface area contributed by atoms with Crippen molar-refractivity contribution >= 4 is 6.21 Å². The summed E-state index contributed by atoms with van der Waals surface area (Å²) in [6.45, 7) is 0. The second kappa shape index (κ2) is 6.36. The van der Waals surface area contributed by atoms with E-state index in [1.807, 2.05) is 0 Å². The molecule has 0 saturated heterocycles. The molecule has 17 heavy (non-hydrogen) atoms. The van der Waals surface area contributed by atoms with E-state index in [4.69, 9.17) is 14.7 Å². The first-order chi connectivity index (χ1) is 8.33. The van der Waals surface area contributed by atoms with Crippen molar-refractivity contribution in [3.05, 3.63) is 0 Å². The van der Waals surface area contributed by atoms with Gasteiger partial charge in [-0.05, 0) is 32.1 Å². The summed E-state index contributed by atoms with van der Waals surface area (Å²) < 4.78 is 11.7. The summed E-state index contributed by atoms with van der Waals surface area (Å²) in [7, 11) is 1.76. The van der Waals surface area contributed by atoms with Gasteiger partial charge in [0.15, 0.2) is 0 Å². The van der Waals surface area contributed by atoms with Crippen LogP contribution in [0.4, 0.5) is 0 Å². The summed E-state index contributed by atoms with van der Waals surface area (Å²) in [6.07, 6.45) is 10.3. The molecule has 0 amide bonds. The van der Waals surface area contributed by atoms with Crippen LogP contribution in [0.15, 0.2) is 5.16 Å². The van der Waals surface area contributed by atoms with Crippen molar-refractivity contribution in [3.63, 3.8) is 0 Å². The van der Waals surface area contributed by atoms with Gasteiger partial charge < -0.3 is 14.7 Å². The Kier molecular flexibility index (Phi) is 4.80. The van der Waals surface area contributed by atoms with Crippen LogP contribution in [-0.2, 0) is 9.47 Å². The standard InChI is InChI=1S/C13H23NO3/c1-16-12-7-6-10(9-14-15)8-13(12)17-11-4-2-3-5-11/h9-13,15H,2-8H2,1H3/b14-9+. The topological polar surface area (TPSA) is 51.0 Å². The number of rotatable bonds is 4. The highest BCUT2D eigenvalue weighted by Gasteiger charge is 2.33. The molecule has 3 unspecified atom stereocenters. The summed E-state index contributed by atoms with van der Waals surface area (Å²) in [5.74, 6) is 0.331. The van der Waals surface area contributed by atoms with E-state index in [-0.39, 0.29) is 12.2 Å². The fourth-order valence-corrected chi connectivity index (χ4v) is 3.05. The van der Waals surface area contributed by atoms with Crippen LogP contribution in [0.1, 0.15) is 44.9 Å². The SMILES string of the molecule is COC1CCC(/C=N/O)CC1OC1CCCC1. The molecule has 0 heterocycles. The average Bonchev–Trinajstić information content (AvgIpc) is 2.83. The van der Waals surface area contributed by atoms with Crippen molar-refractivity contribution < 1.29 is 14.7 Å². The van der Waals surface area contributed by atoms with Crippen LogP contribution in [0.25, 0.3) is 0 Å². The molecular formula is C13H23NO3. The van der Waals surface area contributed by atoms with Gasteiger partial charge in [0.1, 0.15) is 0 Å². The summed E-state index contributed by atoms with van der Waals surface area (Å²) in [4.78, 5) is 0. The molecule has 4 nitrogen and oxygen atoms in total. The Labute approximate surface area is 103 Å². The second-order valence-corrected chi connectivity index (χ2v) is 5.19. The Morgan fingerprint density at radius 1 is 1.12 bits per heavy atom. The zero-order valence-electron chi connectivity index (χ0n) is 10.5. The second-order valence-electron chi connectivity index (χ2n) is 5.19. The highest BCUT2D eigenvalue weighted by atomic mass is 16.5. The van der Waals surface area contributed by atoms with Crippen LogP contribution < -0.4 is 0 Å². The molecular weight excluding hydrogens is 218 g/mol. The van der Waals surface area contributed by atoms with Gasteiger partial charge in [-0.15, -0.1) is 5.16 Å². The molecule has 2 saturated carbocycles. The van der Waals surface area contributed by atoms with E-state index >= 15 is 0 Å². The van der Waals surface area contributed by atoms with E-state index in [0.29, 0.717) is 12.0 Å². The van der Waals surface area contributed by atoms with Gasteiger partial charge in [-0.25, -0.2) is 0 Å². The average molecular weight is 241 g/mol. The lowest BCUT2D eigenvalue weighted by Gasteiger charge is -2.35. The van der Waals surface area contributed by atoms with Crippen LogP contribution in [0.5, 0.6) is 0 Å². The number of methoxy groups -OCH3 is 1. The number of hydrogen-bond donors (Lipinski definition) is 1. The number of oxime groups is 1. The molecule has 2 fully saturated rings. The Bertz CT molecular complexity index is 251. The molecule has 2 rings (SSSR count). The Morgan fingerprint density at radius 2 is 1.88 bits per heavy atom. The molecule has 0 aromatic heterocycles. The maximum Gasteiger partial charge on any atom is 0.0846 e. The highest BCUT2D eigenvalue weighted by molar-refractivity contribution is 5.60. The van der Waals surface area contributed by atoms with Crippen LogP contribution in [0.2, 0.25) is 0 Å². The molecule has 0 bridgehead atoms. The van der Waals surface area contributed by atoms with Gasteiger partial charge in [0.2, 0.25) is 0 Å². The maximum atomic E-state index is 8.61. The molecule has 3 atom stereocenters. The molecule has 1 N–H and O–H groups in total. The molecule has 0 aliphatic heterocycles. The van der Waals surface area contributed by atoms with Crippen molar-refractivity contribution in [3.8, 4) is 0 Å². The Morgan fingerprint density at radius 3 is 2.53 bits per heavy atom. The summed E-state index contributed by atoms with van der Waals surface area (Å²) in [6, 6.07) is 0. The largest absolute Gasteiger partial charge is 0.411 e. The van der Waals surface area contributed by atoms with Crippen molar-refractivity contribution in [2.75, 3.05) is 7.11 Å². The lowest BCUT2D eigenvalue weighted by atomic mass is 9.86.